The van der Waals surface area contributed by atoms with Crippen LogP contribution in [0.25, 0.3) is 0 Å². The maximum atomic E-state index is 12.9. The summed E-state index contributed by atoms with van der Waals surface area (Å²) in [7, 11) is 0. The third-order valence-corrected chi connectivity index (χ3v) is 3.89. The molecule has 1 fully saturated rings. The third kappa shape index (κ3) is 2.21. The second kappa shape index (κ2) is 4.54. The molecule has 0 aromatic heterocycles. The Bertz CT molecular complexity index is 424. The van der Waals surface area contributed by atoms with Crippen molar-refractivity contribution in [2.75, 3.05) is 13.1 Å². The lowest BCUT2D eigenvalue weighted by atomic mass is 9.86. The van der Waals surface area contributed by atoms with Crippen LogP contribution in [0.5, 0.6) is 0 Å². The monoisotopic (exact) mass is 277 g/mol. The van der Waals surface area contributed by atoms with Gasteiger partial charge in [-0.05, 0) is 19.3 Å². The summed E-state index contributed by atoms with van der Waals surface area (Å²) in [5.74, 6) is -2.62. The van der Waals surface area contributed by atoms with Crippen molar-refractivity contribution < 1.29 is 27.9 Å². The minimum Gasteiger partial charge on any atom is -0.481 e. The lowest BCUT2D eigenvalue weighted by molar-refractivity contribution is -0.227. The summed E-state index contributed by atoms with van der Waals surface area (Å²) in [6.45, 7) is -0.928. The number of likely N-dealkylation sites (tertiary alicyclic amines) is 1. The average molecular weight is 277 g/mol. The quantitative estimate of drug-likeness (QED) is 0.783. The molecule has 1 amide bonds. The number of carboxylic acids is 1. The van der Waals surface area contributed by atoms with E-state index in [4.69, 9.17) is 5.11 Å². The molecule has 1 unspecified atom stereocenters. The van der Waals surface area contributed by atoms with Gasteiger partial charge in [-0.1, -0.05) is 12.2 Å². The molecule has 1 aliphatic heterocycles. The van der Waals surface area contributed by atoms with Crippen LogP contribution in [0.15, 0.2) is 12.2 Å². The topological polar surface area (TPSA) is 57.6 Å². The zero-order chi connectivity index (χ0) is 14.3. The van der Waals surface area contributed by atoms with Crippen molar-refractivity contribution in [2.24, 2.45) is 11.3 Å². The number of halogens is 3. The van der Waals surface area contributed by atoms with E-state index in [1.165, 1.54) is 0 Å². The fourth-order valence-corrected chi connectivity index (χ4v) is 2.60. The van der Waals surface area contributed by atoms with Crippen molar-refractivity contribution in [3.05, 3.63) is 12.2 Å². The maximum absolute atomic E-state index is 12.9. The first-order valence-electron chi connectivity index (χ1n) is 6.02. The standard InChI is InChI=1S/C12H14F3NO3/c13-12(14,15)11(10(18)19)5-6-16(7-11)9(17)8-3-1-2-4-8/h1-2,8H,3-7H2,(H,18,19). The van der Waals surface area contributed by atoms with E-state index in [1.54, 1.807) is 0 Å². The van der Waals surface area contributed by atoms with Crippen molar-refractivity contribution in [2.45, 2.75) is 25.4 Å². The number of amides is 1. The predicted molar refractivity (Wildman–Crippen MR) is 59.2 cm³/mol. The molecule has 1 heterocycles. The van der Waals surface area contributed by atoms with E-state index >= 15 is 0 Å². The Balaban J connectivity index is 2.13. The van der Waals surface area contributed by atoms with Gasteiger partial charge in [0.2, 0.25) is 5.91 Å². The SMILES string of the molecule is O=C(C1CC=CC1)N1CCC(C(=O)O)(C(F)(F)F)C1. The van der Waals surface area contributed by atoms with E-state index in [0.29, 0.717) is 12.8 Å². The van der Waals surface area contributed by atoms with Gasteiger partial charge in [0.1, 0.15) is 0 Å². The number of aliphatic carboxylic acids is 1. The summed E-state index contributed by atoms with van der Waals surface area (Å²) in [5, 5.41) is 8.89. The van der Waals surface area contributed by atoms with Crippen LogP contribution in [-0.2, 0) is 9.59 Å². The molecule has 19 heavy (non-hydrogen) atoms. The van der Waals surface area contributed by atoms with Gasteiger partial charge in [0.15, 0.2) is 5.41 Å². The molecule has 1 N–H and O–H groups in total. The van der Waals surface area contributed by atoms with Gasteiger partial charge in [-0.2, -0.15) is 13.2 Å². The van der Waals surface area contributed by atoms with Crippen LogP contribution in [0.3, 0.4) is 0 Å². The molecule has 0 saturated carbocycles. The fourth-order valence-electron chi connectivity index (χ4n) is 2.60. The molecule has 4 nitrogen and oxygen atoms in total. The summed E-state index contributed by atoms with van der Waals surface area (Å²) in [4.78, 5) is 24.0. The molecule has 0 aromatic carbocycles. The summed E-state index contributed by atoms with van der Waals surface area (Å²) in [6, 6.07) is 0. The van der Waals surface area contributed by atoms with Gasteiger partial charge >= 0.3 is 12.1 Å². The molecular formula is C12H14F3NO3. The van der Waals surface area contributed by atoms with Crippen LogP contribution in [0.2, 0.25) is 0 Å². The van der Waals surface area contributed by atoms with Crippen LogP contribution >= 0.6 is 0 Å². The number of allylic oxidation sites excluding steroid dienone is 2. The molecule has 7 heteroatoms. The molecule has 0 spiro atoms. The number of carboxylic acid groups (broad SMARTS) is 1. The normalized spacial score (nSPS) is 28.1. The van der Waals surface area contributed by atoms with Crippen LogP contribution < -0.4 is 0 Å². The van der Waals surface area contributed by atoms with Gasteiger partial charge in [-0.25, -0.2) is 0 Å². The highest BCUT2D eigenvalue weighted by atomic mass is 19.4. The molecule has 0 radical (unpaired) electrons. The predicted octanol–water partition coefficient (Wildman–Crippen LogP) is 1.82. The van der Waals surface area contributed by atoms with Gasteiger partial charge in [0.25, 0.3) is 0 Å². The highest BCUT2D eigenvalue weighted by Crippen LogP contribution is 2.46. The number of hydrogen-bond donors (Lipinski definition) is 1. The van der Waals surface area contributed by atoms with E-state index in [1.807, 2.05) is 12.2 Å². The lowest BCUT2D eigenvalue weighted by Gasteiger charge is -2.28. The molecule has 2 rings (SSSR count). The van der Waals surface area contributed by atoms with Crippen LogP contribution in [0.1, 0.15) is 19.3 Å². The zero-order valence-electron chi connectivity index (χ0n) is 10.1. The smallest absolute Gasteiger partial charge is 0.406 e. The Labute approximate surface area is 107 Å². The van der Waals surface area contributed by atoms with E-state index in [0.717, 1.165) is 4.90 Å². The van der Waals surface area contributed by atoms with Gasteiger partial charge in [0.05, 0.1) is 0 Å². The van der Waals surface area contributed by atoms with Gasteiger partial charge in [-0.3, -0.25) is 9.59 Å². The Kier molecular flexibility index (Phi) is 3.32. The first-order chi connectivity index (χ1) is 8.78. The summed E-state index contributed by atoms with van der Waals surface area (Å²) < 4.78 is 38.8. The van der Waals surface area contributed by atoms with Crippen molar-refractivity contribution in [3.8, 4) is 0 Å². The van der Waals surface area contributed by atoms with E-state index in [9.17, 15) is 22.8 Å². The number of carbonyl (C=O) groups is 2. The molecular weight excluding hydrogens is 263 g/mol. The molecule has 2 aliphatic rings. The van der Waals surface area contributed by atoms with E-state index in [2.05, 4.69) is 0 Å². The largest absolute Gasteiger partial charge is 0.481 e. The Morgan fingerprint density at radius 3 is 2.26 bits per heavy atom. The maximum Gasteiger partial charge on any atom is 0.406 e. The lowest BCUT2D eigenvalue weighted by Crippen LogP contribution is -2.48. The molecule has 106 valence electrons. The number of hydrogen-bond acceptors (Lipinski definition) is 2. The Morgan fingerprint density at radius 2 is 1.84 bits per heavy atom. The van der Waals surface area contributed by atoms with Crippen LogP contribution in [-0.4, -0.2) is 41.1 Å². The summed E-state index contributed by atoms with van der Waals surface area (Å²) in [5.41, 5.74) is -2.81. The zero-order valence-corrected chi connectivity index (χ0v) is 10.1. The fraction of sp³-hybridized carbons (Fsp3) is 0.667. The minimum atomic E-state index is -4.85. The van der Waals surface area contributed by atoms with Crippen LogP contribution in [0.4, 0.5) is 13.2 Å². The molecule has 1 atom stereocenters. The summed E-state index contributed by atoms with van der Waals surface area (Å²) in [6.07, 6.45) is -0.762. The molecule has 1 saturated heterocycles. The Hall–Kier alpha value is -1.53. The number of carbonyl (C=O) groups excluding carboxylic acids is 1. The van der Waals surface area contributed by atoms with Gasteiger partial charge in [0, 0.05) is 19.0 Å². The first-order valence-corrected chi connectivity index (χ1v) is 6.02. The first kappa shape index (κ1) is 13.9. The highest BCUT2D eigenvalue weighted by Gasteiger charge is 2.64. The van der Waals surface area contributed by atoms with Crippen molar-refractivity contribution >= 4 is 11.9 Å². The van der Waals surface area contributed by atoms with Gasteiger partial charge < -0.3 is 10.0 Å². The average Bonchev–Trinajstić information content (AvgIpc) is 2.97. The van der Waals surface area contributed by atoms with Crippen molar-refractivity contribution in [1.29, 1.82) is 0 Å². The van der Waals surface area contributed by atoms with E-state index in [-0.39, 0.29) is 18.4 Å². The van der Waals surface area contributed by atoms with Crippen molar-refractivity contribution in [1.82, 2.24) is 4.90 Å². The van der Waals surface area contributed by atoms with E-state index < -0.39 is 30.5 Å². The third-order valence-electron chi connectivity index (χ3n) is 3.89. The van der Waals surface area contributed by atoms with Crippen LogP contribution in [0, 0.1) is 11.3 Å². The molecule has 0 bridgehead atoms. The number of nitrogens with zero attached hydrogens (tertiary/aromatic N) is 1. The van der Waals surface area contributed by atoms with Gasteiger partial charge in [-0.15, -0.1) is 0 Å². The number of alkyl halides is 3. The summed E-state index contributed by atoms with van der Waals surface area (Å²) >= 11 is 0. The molecule has 1 aliphatic carbocycles. The minimum absolute atomic E-state index is 0.152. The number of rotatable bonds is 2. The molecule has 0 aromatic rings. The highest BCUT2D eigenvalue weighted by molar-refractivity contribution is 5.83. The Morgan fingerprint density at radius 1 is 1.26 bits per heavy atom. The van der Waals surface area contributed by atoms with Crippen molar-refractivity contribution in [3.63, 3.8) is 0 Å². The second-order valence-electron chi connectivity index (χ2n) is 5.03. The second-order valence-corrected chi connectivity index (χ2v) is 5.03.